The van der Waals surface area contributed by atoms with E-state index in [9.17, 15) is 0 Å². The Balaban J connectivity index is 0.987. The highest BCUT2D eigenvalue weighted by Gasteiger charge is 2.14. The second kappa shape index (κ2) is 12.8. The summed E-state index contributed by atoms with van der Waals surface area (Å²) in [5.74, 6) is 0.884. The fourth-order valence-electron chi connectivity index (χ4n) is 6.93. The van der Waals surface area contributed by atoms with E-state index in [1.54, 1.807) is 0 Å². The quantitative estimate of drug-likeness (QED) is 0.173. The van der Waals surface area contributed by atoms with Crippen LogP contribution in [0.4, 0.5) is 17.1 Å². The Kier molecular flexibility index (Phi) is 7.53. The van der Waals surface area contributed by atoms with Crippen molar-refractivity contribution in [1.29, 1.82) is 0 Å². The van der Waals surface area contributed by atoms with Crippen molar-refractivity contribution in [2.24, 2.45) is 0 Å². The molecule has 2 nitrogen and oxygen atoms in total. The van der Waals surface area contributed by atoms with Crippen LogP contribution in [0.1, 0.15) is 0 Å². The SMILES string of the molecule is c1ccc(N(c2ccc(-c3ccc(-c4cccc(-c5cc6ccccc6o5)c4)cc3)cc2)c2ccc(-c3cccc4ccccc34)cc2)cc1. The first kappa shape index (κ1) is 29.5. The minimum Gasteiger partial charge on any atom is -0.456 e. The Morgan fingerprint density at radius 3 is 1.56 bits per heavy atom. The summed E-state index contributed by atoms with van der Waals surface area (Å²) in [5.41, 5.74) is 12.5. The van der Waals surface area contributed by atoms with Gasteiger partial charge in [-0.1, -0.05) is 146 Å². The first-order chi connectivity index (χ1) is 24.8. The topological polar surface area (TPSA) is 16.4 Å². The molecule has 1 aromatic heterocycles. The van der Waals surface area contributed by atoms with Crippen LogP contribution in [0, 0.1) is 0 Å². The molecule has 0 N–H and O–H groups in total. The standard InChI is InChI=1S/C48H33NO/c1-2-15-42(16-3-1)49(44-30-26-38(27-31-44)46-18-9-12-37-10-4-6-17-45(37)46)43-28-24-35(25-29-43)34-20-22-36(23-21-34)39-13-8-14-40(32-39)48-33-41-11-5-7-19-47(41)50-48/h1-33H. The number of hydrogen-bond acceptors (Lipinski definition) is 2. The number of nitrogens with zero attached hydrogens (tertiary/aromatic N) is 1. The average Bonchev–Trinajstić information content (AvgIpc) is 3.64. The molecule has 236 valence electrons. The lowest BCUT2D eigenvalue weighted by atomic mass is 9.98. The summed E-state index contributed by atoms with van der Waals surface area (Å²) in [6.45, 7) is 0. The molecule has 0 saturated heterocycles. The zero-order valence-corrected chi connectivity index (χ0v) is 27.4. The number of anilines is 3. The molecule has 0 fully saturated rings. The molecule has 0 unspecified atom stereocenters. The molecule has 0 saturated carbocycles. The maximum atomic E-state index is 6.14. The average molecular weight is 640 g/mol. The molecule has 1 heterocycles. The summed E-state index contributed by atoms with van der Waals surface area (Å²) in [7, 11) is 0. The Morgan fingerprint density at radius 2 is 0.840 bits per heavy atom. The van der Waals surface area contributed by atoms with E-state index in [2.05, 4.69) is 187 Å². The van der Waals surface area contributed by atoms with Gasteiger partial charge in [0.2, 0.25) is 0 Å². The van der Waals surface area contributed by atoms with Crippen LogP contribution in [0.5, 0.6) is 0 Å². The first-order valence-corrected chi connectivity index (χ1v) is 17.0. The van der Waals surface area contributed by atoms with E-state index in [1.807, 2.05) is 18.2 Å². The van der Waals surface area contributed by atoms with Crippen molar-refractivity contribution in [1.82, 2.24) is 0 Å². The maximum absolute atomic E-state index is 6.14. The van der Waals surface area contributed by atoms with Gasteiger partial charge in [0.15, 0.2) is 0 Å². The van der Waals surface area contributed by atoms with Gasteiger partial charge in [0.25, 0.3) is 0 Å². The van der Waals surface area contributed by atoms with Crippen LogP contribution in [-0.4, -0.2) is 0 Å². The van der Waals surface area contributed by atoms with E-state index in [0.717, 1.165) is 44.9 Å². The Morgan fingerprint density at radius 1 is 0.320 bits per heavy atom. The van der Waals surface area contributed by atoms with Gasteiger partial charge < -0.3 is 9.32 Å². The lowest BCUT2D eigenvalue weighted by molar-refractivity contribution is 0.631. The Bertz CT molecular complexity index is 2530. The largest absolute Gasteiger partial charge is 0.456 e. The fraction of sp³-hybridized carbons (Fsp3) is 0. The van der Waals surface area contributed by atoms with E-state index in [-0.39, 0.29) is 0 Å². The van der Waals surface area contributed by atoms with Gasteiger partial charge in [0.05, 0.1) is 0 Å². The van der Waals surface area contributed by atoms with Gasteiger partial charge in [-0.05, 0) is 98.8 Å². The van der Waals surface area contributed by atoms with Gasteiger partial charge in [-0.25, -0.2) is 0 Å². The van der Waals surface area contributed by atoms with E-state index < -0.39 is 0 Å². The summed E-state index contributed by atoms with van der Waals surface area (Å²) < 4.78 is 6.14. The van der Waals surface area contributed by atoms with Crippen molar-refractivity contribution in [2.45, 2.75) is 0 Å². The molecule has 9 rings (SSSR count). The van der Waals surface area contributed by atoms with Crippen molar-refractivity contribution in [2.75, 3.05) is 4.90 Å². The number of furan rings is 1. The lowest BCUT2D eigenvalue weighted by Gasteiger charge is -2.26. The molecule has 8 aromatic carbocycles. The fourth-order valence-corrected chi connectivity index (χ4v) is 6.93. The molecule has 0 amide bonds. The van der Waals surface area contributed by atoms with Crippen molar-refractivity contribution in [3.8, 4) is 44.7 Å². The third-order valence-electron chi connectivity index (χ3n) is 9.49. The van der Waals surface area contributed by atoms with E-state index in [4.69, 9.17) is 4.42 Å². The normalized spacial score (nSPS) is 11.2. The summed E-state index contributed by atoms with van der Waals surface area (Å²) in [6, 6.07) is 71.1. The Labute approximate surface area is 292 Å². The minimum atomic E-state index is 0.884. The number of benzene rings is 8. The van der Waals surface area contributed by atoms with Gasteiger partial charge in [-0.3, -0.25) is 0 Å². The maximum Gasteiger partial charge on any atom is 0.135 e. The third-order valence-corrected chi connectivity index (χ3v) is 9.49. The van der Waals surface area contributed by atoms with Crippen LogP contribution >= 0.6 is 0 Å². The summed E-state index contributed by atoms with van der Waals surface area (Å²) >= 11 is 0. The smallest absolute Gasteiger partial charge is 0.135 e. The molecule has 0 spiro atoms. The number of hydrogen-bond donors (Lipinski definition) is 0. The Hall–Kier alpha value is -6.64. The highest BCUT2D eigenvalue weighted by atomic mass is 16.3. The molecule has 0 atom stereocenters. The molecular weight excluding hydrogens is 607 g/mol. The molecule has 9 aromatic rings. The van der Waals surface area contributed by atoms with Crippen LogP contribution in [-0.2, 0) is 0 Å². The zero-order chi connectivity index (χ0) is 33.3. The van der Waals surface area contributed by atoms with E-state index >= 15 is 0 Å². The second-order valence-corrected chi connectivity index (χ2v) is 12.6. The third kappa shape index (κ3) is 5.63. The van der Waals surface area contributed by atoms with Gasteiger partial charge in [-0.2, -0.15) is 0 Å². The number of rotatable bonds is 7. The van der Waals surface area contributed by atoms with Gasteiger partial charge in [0.1, 0.15) is 11.3 Å². The monoisotopic (exact) mass is 639 g/mol. The highest BCUT2D eigenvalue weighted by Crippen LogP contribution is 2.38. The van der Waals surface area contributed by atoms with Crippen LogP contribution in [0.2, 0.25) is 0 Å². The highest BCUT2D eigenvalue weighted by molar-refractivity contribution is 5.97. The number of para-hydroxylation sites is 2. The number of fused-ring (bicyclic) bond motifs is 2. The zero-order valence-electron chi connectivity index (χ0n) is 27.4. The van der Waals surface area contributed by atoms with Crippen LogP contribution in [0.3, 0.4) is 0 Å². The van der Waals surface area contributed by atoms with Crippen molar-refractivity contribution in [3.05, 3.63) is 200 Å². The summed E-state index contributed by atoms with van der Waals surface area (Å²) in [6.07, 6.45) is 0. The van der Waals surface area contributed by atoms with E-state index in [1.165, 1.54) is 38.6 Å². The second-order valence-electron chi connectivity index (χ2n) is 12.6. The van der Waals surface area contributed by atoms with Gasteiger partial charge in [0, 0.05) is 28.0 Å². The molecule has 50 heavy (non-hydrogen) atoms. The predicted octanol–water partition coefficient (Wildman–Crippen LogP) is 13.7. The van der Waals surface area contributed by atoms with Crippen molar-refractivity contribution in [3.63, 3.8) is 0 Å². The summed E-state index contributed by atoms with van der Waals surface area (Å²) in [4.78, 5) is 2.31. The van der Waals surface area contributed by atoms with Crippen molar-refractivity contribution < 1.29 is 4.42 Å². The van der Waals surface area contributed by atoms with E-state index in [0.29, 0.717) is 0 Å². The molecule has 0 bridgehead atoms. The first-order valence-electron chi connectivity index (χ1n) is 17.0. The molecule has 0 radical (unpaired) electrons. The minimum absolute atomic E-state index is 0.884. The summed E-state index contributed by atoms with van der Waals surface area (Å²) in [5, 5.41) is 3.63. The molecular formula is C48H33NO. The van der Waals surface area contributed by atoms with Gasteiger partial charge in [-0.15, -0.1) is 0 Å². The van der Waals surface area contributed by atoms with Gasteiger partial charge >= 0.3 is 0 Å². The lowest BCUT2D eigenvalue weighted by Crippen LogP contribution is -2.09. The molecule has 0 aliphatic heterocycles. The molecule has 0 aliphatic rings. The van der Waals surface area contributed by atoms with Crippen LogP contribution in [0.15, 0.2) is 205 Å². The van der Waals surface area contributed by atoms with Crippen LogP contribution < -0.4 is 4.90 Å². The predicted molar refractivity (Wildman–Crippen MR) is 210 cm³/mol. The molecule has 0 aliphatic carbocycles. The van der Waals surface area contributed by atoms with Crippen LogP contribution in [0.25, 0.3) is 66.4 Å². The van der Waals surface area contributed by atoms with Crippen molar-refractivity contribution >= 4 is 38.8 Å². The molecule has 2 heteroatoms.